The molecule has 8 aromatic carbocycles. The second-order valence-corrected chi connectivity index (χ2v) is 17.3. The average molecular weight is 759 g/mol. The number of nitrogens with zero attached hydrogens (tertiary/aromatic N) is 4. The lowest BCUT2D eigenvalue weighted by atomic mass is 9.82. The van der Waals surface area contributed by atoms with Crippen molar-refractivity contribution >= 4 is 66.3 Å². The zero-order valence-electron chi connectivity index (χ0n) is 31.9. The highest BCUT2D eigenvalue weighted by Gasteiger charge is 2.35. The fourth-order valence-corrected chi connectivity index (χ4v) is 11.1. The maximum atomic E-state index is 5.40. The average Bonchev–Trinajstić information content (AvgIpc) is 3.86. The van der Waals surface area contributed by atoms with Gasteiger partial charge in [0, 0.05) is 53.4 Å². The van der Waals surface area contributed by atoms with E-state index >= 15 is 0 Å². The summed E-state index contributed by atoms with van der Waals surface area (Å²) in [5, 5.41) is 5.97. The van der Waals surface area contributed by atoms with Crippen LogP contribution in [0.1, 0.15) is 25.0 Å². The van der Waals surface area contributed by atoms with Crippen LogP contribution in [0.2, 0.25) is 0 Å². The highest BCUT2D eigenvalue weighted by Crippen LogP contribution is 2.50. The third kappa shape index (κ3) is 4.31. The van der Waals surface area contributed by atoms with Gasteiger partial charge in [-0.3, -0.25) is 4.57 Å². The van der Waals surface area contributed by atoms with Crippen molar-refractivity contribution in [2.45, 2.75) is 29.1 Å². The molecule has 0 spiro atoms. The molecule has 0 atom stereocenters. The molecule has 0 amide bonds. The smallest absolute Gasteiger partial charge is 0.235 e. The van der Waals surface area contributed by atoms with Crippen molar-refractivity contribution in [3.63, 3.8) is 0 Å². The SMILES string of the molecule is CC1(C)c2ccccc2-c2cc(-n3c4ccccc4c4cc(-c5ccc6c7ccccc7n(-c7nc8c9c(cccc9n7)Sc7ccccc7-8)c6c5)ccc43)ccc21. The number of benzene rings is 8. The lowest BCUT2D eigenvalue weighted by molar-refractivity contribution is 0.660. The molecule has 11 aromatic rings. The number of hydrogen-bond acceptors (Lipinski definition) is 3. The molecule has 0 saturated heterocycles. The molecule has 1 aliphatic carbocycles. The van der Waals surface area contributed by atoms with Crippen LogP contribution in [0.5, 0.6) is 0 Å². The van der Waals surface area contributed by atoms with Crippen LogP contribution in [0, 0.1) is 0 Å². The summed E-state index contributed by atoms with van der Waals surface area (Å²) in [4.78, 5) is 13.1. The summed E-state index contributed by atoms with van der Waals surface area (Å²) in [5.74, 6) is 0.684. The molecular weight excluding hydrogens is 725 g/mol. The molecule has 0 saturated carbocycles. The number of para-hydroxylation sites is 2. The van der Waals surface area contributed by atoms with Gasteiger partial charge in [0.15, 0.2) is 0 Å². The molecule has 13 rings (SSSR count). The van der Waals surface area contributed by atoms with Crippen molar-refractivity contribution in [2.75, 3.05) is 0 Å². The lowest BCUT2D eigenvalue weighted by Gasteiger charge is -2.21. The normalized spacial score (nSPS) is 13.8. The maximum Gasteiger partial charge on any atom is 0.235 e. The summed E-state index contributed by atoms with van der Waals surface area (Å²) in [7, 11) is 0. The molecule has 1 aliphatic heterocycles. The predicted molar refractivity (Wildman–Crippen MR) is 241 cm³/mol. The Balaban J connectivity index is 1.00. The van der Waals surface area contributed by atoms with Crippen molar-refractivity contribution < 1.29 is 0 Å². The van der Waals surface area contributed by atoms with Crippen molar-refractivity contribution in [1.29, 1.82) is 0 Å². The highest BCUT2D eigenvalue weighted by atomic mass is 32.2. The molecule has 4 heterocycles. The Labute approximate surface area is 339 Å². The molecule has 0 unspecified atom stereocenters. The Morgan fingerprint density at radius 3 is 1.98 bits per heavy atom. The minimum atomic E-state index is -0.0298. The zero-order chi connectivity index (χ0) is 38.3. The van der Waals surface area contributed by atoms with Gasteiger partial charge in [0.25, 0.3) is 0 Å². The van der Waals surface area contributed by atoms with Crippen LogP contribution in [0.15, 0.2) is 180 Å². The summed E-state index contributed by atoms with van der Waals surface area (Å²) in [5.41, 5.74) is 16.6. The fraction of sp³-hybridized carbons (Fsp3) is 0.0566. The molecule has 2 aliphatic rings. The fourth-order valence-electron chi connectivity index (χ4n) is 10.0. The Hall–Kier alpha value is -6.95. The molecular formula is C53H34N4S. The second-order valence-electron chi connectivity index (χ2n) is 16.2. The van der Waals surface area contributed by atoms with E-state index in [1.54, 1.807) is 11.8 Å². The minimum absolute atomic E-state index is 0.0298. The maximum absolute atomic E-state index is 5.40. The van der Waals surface area contributed by atoms with E-state index in [9.17, 15) is 0 Å². The Bertz CT molecular complexity index is 3590. The number of hydrogen-bond donors (Lipinski definition) is 0. The summed E-state index contributed by atoms with van der Waals surface area (Å²) in [6, 6.07) is 62.2. The van der Waals surface area contributed by atoms with E-state index in [0.717, 1.165) is 38.8 Å². The first-order valence-corrected chi connectivity index (χ1v) is 20.7. The Kier molecular flexibility index (Phi) is 6.41. The summed E-state index contributed by atoms with van der Waals surface area (Å²) < 4.78 is 4.70. The topological polar surface area (TPSA) is 35.6 Å². The van der Waals surface area contributed by atoms with Crippen LogP contribution in [0.4, 0.5) is 0 Å². The van der Waals surface area contributed by atoms with Gasteiger partial charge in [0.05, 0.1) is 33.3 Å². The van der Waals surface area contributed by atoms with Crippen LogP contribution in [-0.4, -0.2) is 19.1 Å². The van der Waals surface area contributed by atoms with E-state index in [1.807, 2.05) is 0 Å². The van der Waals surface area contributed by atoms with E-state index in [1.165, 1.54) is 75.9 Å². The van der Waals surface area contributed by atoms with Crippen molar-refractivity contribution in [1.82, 2.24) is 19.1 Å². The third-order valence-corrected chi connectivity index (χ3v) is 13.9. The molecule has 0 N–H and O–H groups in total. The third-order valence-electron chi connectivity index (χ3n) is 12.7. The first kappa shape index (κ1) is 32.2. The number of rotatable bonds is 3. The summed E-state index contributed by atoms with van der Waals surface area (Å²) >= 11 is 1.80. The van der Waals surface area contributed by atoms with Crippen LogP contribution < -0.4 is 0 Å². The highest BCUT2D eigenvalue weighted by molar-refractivity contribution is 7.99. The molecule has 0 radical (unpaired) electrons. The first-order valence-electron chi connectivity index (χ1n) is 19.9. The molecule has 3 aromatic heterocycles. The minimum Gasteiger partial charge on any atom is -0.309 e. The zero-order valence-corrected chi connectivity index (χ0v) is 32.7. The largest absolute Gasteiger partial charge is 0.309 e. The van der Waals surface area contributed by atoms with Crippen LogP contribution in [0.25, 0.3) is 99.7 Å². The van der Waals surface area contributed by atoms with Gasteiger partial charge in [-0.25, -0.2) is 9.97 Å². The van der Waals surface area contributed by atoms with Crippen molar-refractivity contribution in [2.24, 2.45) is 0 Å². The quantitative estimate of drug-likeness (QED) is 0.180. The van der Waals surface area contributed by atoms with Crippen LogP contribution in [0.3, 0.4) is 0 Å². The predicted octanol–water partition coefficient (Wildman–Crippen LogP) is 13.9. The molecule has 4 nitrogen and oxygen atoms in total. The van der Waals surface area contributed by atoms with Gasteiger partial charge in [-0.1, -0.05) is 135 Å². The Morgan fingerprint density at radius 2 is 1.10 bits per heavy atom. The van der Waals surface area contributed by atoms with E-state index in [-0.39, 0.29) is 5.41 Å². The van der Waals surface area contributed by atoms with E-state index in [4.69, 9.17) is 9.97 Å². The summed E-state index contributed by atoms with van der Waals surface area (Å²) in [6.45, 7) is 4.68. The number of fused-ring (bicyclic) bond motifs is 11. The summed E-state index contributed by atoms with van der Waals surface area (Å²) in [6.07, 6.45) is 0. The molecule has 5 heteroatoms. The van der Waals surface area contributed by atoms with Gasteiger partial charge < -0.3 is 4.57 Å². The molecule has 0 fully saturated rings. The van der Waals surface area contributed by atoms with Gasteiger partial charge in [0.2, 0.25) is 5.95 Å². The van der Waals surface area contributed by atoms with Crippen LogP contribution >= 0.6 is 11.8 Å². The molecule has 58 heavy (non-hydrogen) atoms. The van der Waals surface area contributed by atoms with Crippen molar-refractivity contribution in [3.05, 3.63) is 181 Å². The van der Waals surface area contributed by atoms with E-state index in [0.29, 0.717) is 5.95 Å². The van der Waals surface area contributed by atoms with Crippen LogP contribution in [-0.2, 0) is 5.41 Å². The first-order chi connectivity index (χ1) is 28.5. The molecule has 0 bridgehead atoms. The lowest BCUT2D eigenvalue weighted by Crippen LogP contribution is -2.14. The van der Waals surface area contributed by atoms with Gasteiger partial charge in [-0.15, -0.1) is 0 Å². The van der Waals surface area contributed by atoms with Gasteiger partial charge >= 0.3 is 0 Å². The van der Waals surface area contributed by atoms with Gasteiger partial charge in [-0.2, -0.15) is 0 Å². The monoisotopic (exact) mass is 758 g/mol. The van der Waals surface area contributed by atoms with Crippen molar-refractivity contribution in [3.8, 4) is 45.1 Å². The standard InChI is InChI=1S/C53H34N4S/c1-53(2)41-16-7-3-12-34(41)39-30-33(24-26-42(39)53)56-44-18-8-5-14-36(44)40-28-31(23-27-46(40)56)32-22-25-37-35-13-4-9-19-45(35)57(47(37)29-32)52-54-43-17-11-21-49-50(43)51(55-52)38-15-6-10-20-48(38)58-49/h3-30H,1-2H3. The van der Waals surface area contributed by atoms with Gasteiger partial charge in [-0.05, 0) is 94.0 Å². The van der Waals surface area contributed by atoms with E-state index in [2.05, 4.69) is 193 Å². The van der Waals surface area contributed by atoms with Gasteiger partial charge in [0.1, 0.15) is 0 Å². The Morgan fingerprint density at radius 1 is 0.448 bits per heavy atom. The number of aromatic nitrogens is 4. The van der Waals surface area contributed by atoms with E-state index < -0.39 is 0 Å². The second kappa shape index (κ2) is 11.6. The molecule has 272 valence electrons.